The molecule has 0 fully saturated rings. The van der Waals surface area contributed by atoms with Crippen molar-refractivity contribution in [3.63, 3.8) is 0 Å². The lowest BCUT2D eigenvalue weighted by molar-refractivity contribution is 0.0950. The van der Waals surface area contributed by atoms with Crippen molar-refractivity contribution in [3.05, 3.63) is 23.2 Å². The molecule has 18 heavy (non-hydrogen) atoms. The van der Waals surface area contributed by atoms with Crippen LogP contribution in [0.25, 0.3) is 0 Å². The Morgan fingerprint density at radius 3 is 2.67 bits per heavy atom. The zero-order chi connectivity index (χ0) is 13.8. The van der Waals surface area contributed by atoms with Crippen LogP contribution in [-0.2, 0) is 10.0 Å². The minimum atomic E-state index is -3.33. The molecule has 7 nitrogen and oxygen atoms in total. The van der Waals surface area contributed by atoms with Gasteiger partial charge in [0.15, 0.2) is 0 Å². The molecular formula is C9H13ClN4O3S. The van der Waals surface area contributed by atoms with Crippen LogP contribution in [0.15, 0.2) is 12.4 Å². The molecule has 0 spiro atoms. The van der Waals surface area contributed by atoms with Gasteiger partial charge in [-0.3, -0.25) is 9.78 Å². The van der Waals surface area contributed by atoms with E-state index in [0.717, 1.165) is 4.31 Å². The van der Waals surface area contributed by atoms with E-state index in [2.05, 4.69) is 15.3 Å². The van der Waals surface area contributed by atoms with Crippen molar-refractivity contribution in [2.24, 2.45) is 0 Å². The summed E-state index contributed by atoms with van der Waals surface area (Å²) in [5.74, 6) is -0.696. The summed E-state index contributed by atoms with van der Waals surface area (Å²) >= 11 is 5.58. The molecule has 1 N–H and O–H groups in total. The topological polar surface area (TPSA) is 92.3 Å². The summed E-state index contributed by atoms with van der Waals surface area (Å²) in [6, 6.07) is 0. The van der Waals surface area contributed by atoms with Crippen LogP contribution in [0.2, 0.25) is 5.15 Å². The van der Waals surface area contributed by atoms with Crippen LogP contribution >= 0.6 is 11.6 Å². The molecule has 0 saturated carbocycles. The summed E-state index contributed by atoms with van der Waals surface area (Å²) in [4.78, 5) is 19.0. The van der Waals surface area contributed by atoms with Gasteiger partial charge in [-0.2, -0.15) is 0 Å². The number of hydrogen-bond acceptors (Lipinski definition) is 5. The molecule has 0 saturated heterocycles. The van der Waals surface area contributed by atoms with Crippen LogP contribution in [-0.4, -0.2) is 55.0 Å². The van der Waals surface area contributed by atoms with Gasteiger partial charge in [0.2, 0.25) is 10.0 Å². The number of nitrogens with zero attached hydrogens (tertiary/aromatic N) is 3. The van der Waals surface area contributed by atoms with Crippen LogP contribution in [0.5, 0.6) is 0 Å². The van der Waals surface area contributed by atoms with E-state index in [9.17, 15) is 13.2 Å². The van der Waals surface area contributed by atoms with E-state index in [0.29, 0.717) is 0 Å². The second kappa shape index (κ2) is 6.07. The maximum absolute atomic E-state index is 11.6. The molecular weight excluding hydrogens is 280 g/mol. The molecule has 0 aliphatic heterocycles. The Morgan fingerprint density at radius 2 is 2.11 bits per heavy atom. The molecule has 100 valence electrons. The molecule has 1 aromatic rings. The lowest BCUT2D eigenvalue weighted by Crippen LogP contribution is -2.34. The third-order valence-electron chi connectivity index (χ3n) is 2.04. The average molecular weight is 293 g/mol. The first-order valence-electron chi connectivity index (χ1n) is 4.99. The van der Waals surface area contributed by atoms with E-state index < -0.39 is 15.9 Å². The van der Waals surface area contributed by atoms with Gasteiger partial charge in [-0.05, 0) is 0 Å². The van der Waals surface area contributed by atoms with E-state index >= 15 is 0 Å². The van der Waals surface area contributed by atoms with Crippen LogP contribution < -0.4 is 5.32 Å². The van der Waals surface area contributed by atoms with Gasteiger partial charge in [-0.25, -0.2) is 17.7 Å². The Bertz CT molecular complexity index is 532. The van der Waals surface area contributed by atoms with Crippen LogP contribution in [0.4, 0.5) is 0 Å². The predicted octanol–water partition coefficient (Wildman–Crippen LogP) is -0.249. The van der Waals surface area contributed by atoms with Gasteiger partial charge >= 0.3 is 0 Å². The number of hydrogen-bond donors (Lipinski definition) is 1. The zero-order valence-corrected chi connectivity index (χ0v) is 11.5. The molecule has 0 atom stereocenters. The predicted molar refractivity (Wildman–Crippen MR) is 66.8 cm³/mol. The van der Waals surface area contributed by atoms with Crippen molar-refractivity contribution in [2.75, 3.05) is 26.4 Å². The highest BCUT2D eigenvalue weighted by atomic mass is 35.5. The Labute approximate surface area is 110 Å². The summed E-state index contributed by atoms with van der Waals surface area (Å²) in [6.07, 6.45) is 2.55. The minimum absolute atomic E-state index is 0.00641. The molecule has 0 radical (unpaired) electrons. The van der Waals surface area contributed by atoms with Crippen molar-refractivity contribution in [3.8, 4) is 0 Å². The molecule has 0 aliphatic carbocycles. The third-order valence-corrected chi connectivity index (χ3v) is 4.05. The van der Waals surface area contributed by atoms with E-state index in [1.165, 1.54) is 26.5 Å². The molecule has 1 amide bonds. The Morgan fingerprint density at radius 1 is 1.44 bits per heavy atom. The number of aromatic nitrogens is 2. The Hall–Kier alpha value is -1.25. The smallest absolute Gasteiger partial charge is 0.271 e. The van der Waals surface area contributed by atoms with Crippen molar-refractivity contribution in [1.29, 1.82) is 0 Å². The van der Waals surface area contributed by atoms with Gasteiger partial charge in [0.25, 0.3) is 5.91 Å². The van der Waals surface area contributed by atoms with Crippen molar-refractivity contribution in [2.45, 2.75) is 0 Å². The van der Waals surface area contributed by atoms with Crippen LogP contribution in [0, 0.1) is 0 Å². The fraction of sp³-hybridized carbons (Fsp3) is 0.444. The lowest BCUT2D eigenvalue weighted by atomic mass is 10.4. The fourth-order valence-corrected chi connectivity index (χ4v) is 1.89. The first-order valence-corrected chi connectivity index (χ1v) is 6.97. The molecule has 0 aliphatic rings. The molecule has 0 bridgehead atoms. The summed E-state index contributed by atoms with van der Waals surface area (Å²) in [7, 11) is -0.467. The molecule has 0 unspecified atom stereocenters. The first-order chi connectivity index (χ1) is 8.33. The Balaban J connectivity index is 2.53. The maximum atomic E-state index is 11.6. The molecule has 9 heteroatoms. The van der Waals surface area contributed by atoms with Gasteiger partial charge in [0, 0.05) is 20.6 Å². The van der Waals surface area contributed by atoms with Crippen LogP contribution in [0.3, 0.4) is 0 Å². The number of carbonyl (C=O) groups excluding carboxylic acids is 1. The van der Waals surface area contributed by atoms with Crippen molar-refractivity contribution < 1.29 is 13.2 Å². The van der Waals surface area contributed by atoms with E-state index in [1.807, 2.05) is 0 Å². The summed E-state index contributed by atoms with van der Waals surface area (Å²) in [5, 5.41) is 2.53. The second-order valence-corrected chi connectivity index (χ2v) is 6.27. The summed E-state index contributed by atoms with van der Waals surface area (Å²) in [6.45, 7) is -0.00641. The summed E-state index contributed by atoms with van der Waals surface area (Å²) < 4.78 is 24.0. The molecule has 1 heterocycles. The van der Waals surface area contributed by atoms with Gasteiger partial charge in [-0.1, -0.05) is 11.6 Å². The minimum Gasteiger partial charge on any atom is -0.350 e. The molecule has 0 aromatic carbocycles. The van der Waals surface area contributed by atoms with Crippen molar-refractivity contribution in [1.82, 2.24) is 19.6 Å². The van der Waals surface area contributed by atoms with E-state index in [1.54, 1.807) is 0 Å². The van der Waals surface area contributed by atoms with Gasteiger partial charge in [-0.15, -0.1) is 0 Å². The number of rotatable bonds is 5. The monoisotopic (exact) mass is 292 g/mol. The highest BCUT2D eigenvalue weighted by molar-refractivity contribution is 7.89. The normalized spacial score (nSPS) is 11.6. The van der Waals surface area contributed by atoms with Crippen LogP contribution in [0.1, 0.15) is 10.5 Å². The number of amides is 1. The quantitative estimate of drug-likeness (QED) is 0.808. The molecule has 1 rings (SSSR count). The van der Waals surface area contributed by atoms with Crippen molar-refractivity contribution >= 4 is 27.5 Å². The summed E-state index contributed by atoms with van der Waals surface area (Å²) in [5.41, 5.74) is 0.0461. The standard InChI is InChI=1S/C9H13ClN4O3S/c1-14(2)18(16,17)4-3-12-9(15)7-5-11-6-8(10)13-7/h5-6H,3-4H2,1-2H3,(H,12,15). The largest absolute Gasteiger partial charge is 0.350 e. The third kappa shape index (κ3) is 4.21. The SMILES string of the molecule is CN(C)S(=O)(=O)CCNC(=O)c1cncc(Cl)n1. The molecule has 1 aromatic heterocycles. The average Bonchev–Trinajstić information content (AvgIpc) is 2.28. The highest BCUT2D eigenvalue weighted by Crippen LogP contribution is 2.02. The maximum Gasteiger partial charge on any atom is 0.271 e. The van der Waals surface area contributed by atoms with E-state index in [-0.39, 0.29) is 23.1 Å². The van der Waals surface area contributed by atoms with Gasteiger partial charge in [0.1, 0.15) is 10.8 Å². The highest BCUT2D eigenvalue weighted by Gasteiger charge is 2.14. The number of carbonyl (C=O) groups is 1. The lowest BCUT2D eigenvalue weighted by Gasteiger charge is -2.11. The number of halogens is 1. The van der Waals surface area contributed by atoms with Gasteiger partial charge in [0.05, 0.1) is 18.1 Å². The number of sulfonamides is 1. The fourth-order valence-electron chi connectivity index (χ4n) is 1.02. The first kappa shape index (κ1) is 14.8. The van der Waals surface area contributed by atoms with E-state index in [4.69, 9.17) is 11.6 Å². The Kier molecular flexibility index (Phi) is 5.00. The second-order valence-electron chi connectivity index (χ2n) is 3.58. The number of nitrogens with one attached hydrogen (secondary N) is 1. The zero-order valence-electron chi connectivity index (χ0n) is 9.92. The van der Waals surface area contributed by atoms with Gasteiger partial charge < -0.3 is 5.32 Å².